The monoisotopic (exact) mass is 417 g/mol. The van der Waals surface area contributed by atoms with Crippen molar-refractivity contribution in [3.63, 3.8) is 0 Å². The number of aryl methyl sites for hydroxylation is 2. The molecule has 0 bridgehead atoms. The van der Waals surface area contributed by atoms with Crippen molar-refractivity contribution in [1.29, 1.82) is 0 Å². The molecule has 4 nitrogen and oxygen atoms in total. The molecule has 0 aliphatic heterocycles. The molecule has 1 aromatic rings. The minimum atomic E-state index is -2.80. The topological polar surface area (TPSA) is 55.4 Å². The number of carbonyl (C=O) groups is 2. The molecule has 0 saturated heterocycles. The lowest BCUT2D eigenvalue weighted by molar-refractivity contribution is -0.156. The van der Waals surface area contributed by atoms with E-state index in [-0.39, 0.29) is 25.2 Å². The number of ether oxygens (including phenoxy) is 1. The van der Waals surface area contributed by atoms with Gasteiger partial charge in [-0.25, -0.2) is 13.6 Å². The maximum atomic E-state index is 13.5. The standard InChI is InChI=1S/C18H22BrF2NO3/c1-11-8-13(19)9-12(2)14(11)10-15(23)22-17(16(24)25-3)4-6-18(20,21)7-5-17/h8-9H,4-7,10H2,1-3H3,(H,22,23). The molecule has 1 amide bonds. The molecule has 0 spiro atoms. The Labute approximate surface area is 154 Å². The van der Waals surface area contributed by atoms with Crippen molar-refractivity contribution in [2.45, 2.75) is 57.4 Å². The summed E-state index contributed by atoms with van der Waals surface area (Å²) in [6.45, 7) is 3.80. The fourth-order valence-corrected chi connectivity index (χ4v) is 4.00. The number of hydrogen-bond acceptors (Lipinski definition) is 3. The van der Waals surface area contributed by atoms with Crippen LogP contribution in [0.15, 0.2) is 16.6 Å². The second-order valence-corrected chi connectivity index (χ2v) is 7.59. The van der Waals surface area contributed by atoms with Gasteiger partial charge in [-0.1, -0.05) is 15.9 Å². The predicted octanol–water partition coefficient (Wildman–Crippen LogP) is 3.85. The van der Waals surface area contributed by atoms with Crippen molar-refractivity contribution in [2.75, 3.05) is 7.11 Å². The predicted molar refractivity (Wildman–Crippen MR) is 93.6 cm³/mol. The summed E-state index contributed by atoms with van der Waals surface area (Å²) in [6, 6.07) is 3.82. The summed E-state index contributed by atoms with van der Waals surface area (Å²) in [5.41, 5.74) is 1.39. The molecule has 0 aromatic heterocycles. The number of halogens is 3. The number of benzene rings is 1. The van der Waals surface area contributed by atoms with E-state index in [0.29, 0.717) is 0 Å². The van der Waals surface area contributed by atoms with Crippen molar-refractivity contribution >= 4 is 27.8 Å². The smallest absolute Gasteiger partial charge is 0.331 e. The summed E-state index contributed by atoms with van der Waals surface area (Å²) >= 11 is 3.41. The quantitative estimate of drug-likeness (QED) is 0.756. The molecule has 25 heavy (non-hydrogen) atoms. The molecular weight excluding hydrogens is 396 g/mol. The van der Waals surface area contributed by atoms with E-state index in [1.165, 1.54) is 7.11 Å². The van der Waals surface area contributed by atoms with E-state index >= 15 is 0 Å². The Morgan fingerprint density at radius 1 is 1.16 bits per heavy atom. The number of nitrogens with one attached hydrogen (secondary N) is 1. The van der Waals surface area contributed by atoms with E-state index in [0.717, 1.165) is 21.2 Å². The number of amides is 1. The highest BCUT2D eigenvalue weighted by molar-refractivity contribution is 9.10. The third-order valence-electron chi connectivity index (χ3n) is 4.79. The van der Waals surface area contributed by atoms with Crippen LogP contribution in [0.2, 0.25) is 0 Å². The minimum Gasteiger partial charge on any atom is -0.467 e. The first-order valence-corrected chi connectivity index (χ1v) is 8.91. The van der Waals surface area contributed by atoms with Crippen molar-refractivity contribution in [3.8, 4) is 0 Å². The van der Waals surface area contributed by atoms with Crippen molar-refractivity contribution in [3.05, 3.63) is 33.3 Å². The summed E-state index contributed by atoms with van der Waals surface area (Å²) in [6.07, 6.45) is -1.06. The Morgan fingerprint density at radius 3 is 2.16 bits per heavy atom. The Balaban J connectivity index is 2.17. The molecule has 0 radical (unpaired) electrons. The van der Waals surface area contributed by atoms with Gasteiger partial charge in [0.05, 0.1) is 13.5 Å². The lowest BCUT2D eigenvalue weighted by Gasteiger charge is -2.38. The molecule has 0 atom stereocenters. The van der Waals surface area contributed by atoms with Crippen LogP contribution in [0.5, 0.6) is 0 Å². The lowest BCUT2D eigenvalue weighted by Crippen LogP contribution is -2.58. The number of esters is 1. The van der Waals surface area contributed by atoms with E-state index in [9.17, 15) is 18.4 Å². The average molecular weight is 418 g/mol. The van der Waals surface area contributed by atoms with Gasteiger partial charge < -0.3 is 10.1 Å². The molecule has 7 heteroatoms. The van der Waals surface area contributed by atoms with Crippen LogP contribution in [0.4, 0.5) is 8.78 Å². The van der Waals surface area contributed by atoms with Gasteiger partial charge in [0.1, 0.15) is 5.54 Å². The number of rotatable bonds is 4. The van der Waals surface area contributed by atoms with Crippen molar-refractivity contribution in [2.24, 2.45) is 0 Å². The van der Waals surface area contributed by atoms with Gasteiger partial charge in [0.15, 0.2) is 0 Å². The molecule has 1 fully saturated rings. The molecule has 0 unspecified atom stereocenters. The summed E-state index contributed by atoms with van der Waals surface area (Å²) in [4.78, 5) is 24.7. The SMILES string of the molecule is COC(=O)C1(NC(=O)Cc2c(C)cc(Br)cc2C)CCC(F)(F)CC1. The zero-order valence-corrected chi connectivity index (χ0v) is 16.1. The Kier molecular flexibility index (Phi) is 5.86. The van der Waals surface area contributed by atoms with Crippen LogP contribution in [0.1, 0.15) is 42.4 Å². The molecule has 1 N–H and O–H groups in total. The highest BCUT2D eigenvalue weighted by Gasteiger charge is 2.49. The first-order chi connectivity index (χ1) is 11.6. The summed E-state index contributed by atoms with van der Waals surface area (Å²) in [5, 5.41) is 2.68. The average Bonchev–Trinajstić information content (AvgIpc) is 2.52. The van der Waals surface area contributed by atoms with E-state index in [1.54, 1.807) is 0 Å². The third kappa shape index (κ3) is 4.57. The molecule has 138 valence electrons. The molecule has 0 heterocycles. The van der Waals surface area contributed by atoms with Crippen LogP contribution in [0, 0.1) is 13.8 Å². The Bertz CT molecular complexity index is 658. The molecule has 1 aliphatic rings. The van der Waals surface area contributed by atoms with Gasteiger partial charge in [-0.15, -0.1) is 0 Å². The van der Waals surface area contributed by atoms with Crippen LogP contribution in [0.3, 0.4) is 0 Å². The first kappa shape index (κ1) is 19.8. The van der Waals surface area contributed by atoms with Crippen LogP contribution >= 0.6 is 15.9 Å². The number of carbonyl (C=O) groups excluding carboxylic acids is 2. The zero-order valence-electron chi connectivity index (χ0n) is 14.5. The van der Waals surface area contributed by atoms with Crippen molar-refractivity contribution < 1.29 is 23.1 Å². The highest BCUT2D eigenvalue weighted by atomic mass is 79.9. The second kappa shape index (κ2) is 7.40. The molecule has 1 aromatic carbocycles. The summed E-state index contributed by atoms with van der Waals surface area (Å²) < 4.78 is 32.6. The highest BCUT2D eigenvalue weighted by Crippen LogP contribution is 2.39. The lowest BCUT2D eigenvalue weighted by atomic mass is 9.79. The van der Waals surface area contributed by atoms with E-state index in [2.05, 4.69) is 21.2 Å². The fourth-order valence-electron chi connectivity index (χ4n) is 3.31. The van der Waals surface area contributed by atoms with Gasteiger partial charge >= 0.3 is 5.97 Å². The van der Waals surface area contributed by atoms with Gasteiger partial charge in [-0.05, 0) is 55.5 Å². The van der Waals surface area contributed by atoms with Crippen LogP contribution in [0.25, 0.3) is 0 Å². The van der Waals surface area contributed by atoms with Gasteiger partial charge in [0.2, 0.25) is 11.8 Å². The fraction of sp³-hybridized carbons (Fsp3) is 0.556. The zero-order chi connectivity index (χ0) is 18.8. The Morgan fingerprint density at radius 2 is 1.68 bits per heavy atom. The second-order valence-electron chi connectivity index (χ2n) is 6.67. The van der Waals surface area contributed by atoms with Crippen LogP contribution in [-0.2, 0) is 20.7 Å². The molecule has 2 rings (SSSR count). The molecule has 1 aliphatic carbocycles. The number of methoxy groups -OCH3 is 1. The van der Waals surface area contributed by atoms with E-state index in [4.69, 9.17) is 4.74 Å². The van der Waals surface area contributed by atoms with Crippen molar-refractivity contribution in [1.82, 2.24) is 5.32 Å². The van der Waals surface area contributed by atoms with Crippen LogP contribution < -0.4 is 5.32 Å². The summed E-state index contributed by atoms with van der Waals surface area (Å²) in [5.74, 6) is -3.84. The largest absolute Gasteiger partial charge is 0.467 e. The maximum Gasteiger partial charge on any atom is 0.331 e. The maximum absolute atomic E-state index is 13.5. The molecular formula is C18H22BrF2NO3. The van der Waals surface area contributed by atoms with Crippen LogP contribution in [-0.4, -0.2) is 30.4 Å². The molecule has 1 saturated carbocycles. The first-order valence-electron chi connectivity index (χ1n) is 8.11. The van der Waals surface area contributed by atoms with Gasteiger partial charge in [0, 0.05) is 17.3 Å². The minimum absolute atomic E-state index is 0.0834. The summed E-state index contributed by atoms with van der Waals surface area (Å²) in [7, 11) is 1.20. The normalized spacial score (nSPS) is 18.5. The third-order valence-corrected chi connectivity index (χ3v) is 5.25. The number of hydrogen-bond donors (Lipinski definition) is 1. The van der Waals surface area contributed by atoms with E-state index in [1.807, 2.05) is 26.0 Å². The van der Waals surface area contributed by atoms with Gasteiger partial charge in [-0.3, -0.25) is 4.79 Å². The van der Waals surface area contributed by atoms with Gasteiger partial charge in [0.25, 0.3) is 0 Å². The number of alkyl halides is 2. The van der Waals surface area contributed by atoms with E-state index < -0.39 is 30.3 Å². The van der Waals surface area contributed by atoms with Gasteiger partial charge in [-0.2, -0.15) is 0 Å². The Hall–Kier alpha value is -1.50.